The molecule has 0 saturated carbocycles. The summed E-state index contributed by atoms with van der Waals surface area (Å²) in [4.78, 5) is 0. The molecule has 10 heavy (non-hydrogen) atoms. The Balaban J connectivity index is 0. The first-order chi connectivity index (χ1) is 0. The van der Waals surface area contributed by atoms with Gasteiger partial charge in [-0.25, -0.2) is 0 Å². The molecule has 0 fully saturated rings. The first kappa shape index (κ1) is 103. The van der Waals surface area contributed by atoms with Gasteiger partial charge >= 0.3 is 39.7 Å². The van der Waals surface area contributed by atoms with Crippen molar-refractivity contribution in [1.82, 2.24) is 0 Å². The van der Waals surface area contributed by atoms with E-state index in [2.05, 4.69) is 0 Å². The zero-order chi connectivity index (χ0) is 0. The first-order valence-electron chi connectivity index (χ1n) is 0. The molecular formula is Cl3CrI5Ta-4. The van der Waals surface area contributed by atoms with Crippen molar-refractivity contribution in [1.29, 1.82) is 0 Å². The summed E-state index contributed by atoms with van der Waals surface area (Å²) < 4.78 is 0. The Morgan fingerprint density at radius 1 is 0.400 bits per heavy atom. The van der Waals surface area contributed by atoms with Gasteiger partial charge in [-0.3, -0.25) is 0 Å². The fourth-order valence-electron chi connectivity index (χ4n) is 0. The molecular weight excluding hydrogens is 974 g/mol. The molecule has 1 radical (unpaired) electrons. The van der Waals surface area contributed by atoms with Crippen LogP contribution in [0.15, 0.2) is 0 Å². The van der Waals surface area contributed by atoms with Crippen molar-refractivity contribution in [2.45, 2.75) is 0 Å². The van der Waals surface area contributed by atoms with Crippen molar-refractivity contribution in [2.75, 3.05) is 0 Å². The van der Waals surface area contributed by atoms with Gasteiger partial charge in [0.15, 0.2) is 0 Å². The van der Waals surface area contributed by atoms with E-state index in [1.807, 2.05) is 0 Å². The third-order valence-electron chi connectivity index (χ3n) is 0. The summed E-state index contributed by atoms with van der Waals surface area (Å²) in [6.45, 7) is 0. The van der Waals surface area contributed by atoms with Crippen LogP contribution >= 0.6 is 0 Å². The number of halogens is 8. The molecule has 0 N–H and O–H groups in total. The third kappa shape index (κ3) is 67.3. The molecule has 0 heterocycles. The molecule has 0 rings (SSSR count). The van der Waals surface area contributed by atoms with Crippen LogP contribution in [0.25, 0.3) is 0 Å². The van der Waals surface area contributed by atoms with E-state index in [9.17, 15) is 0 Å². The van der Waals surface area contributed by atoms with E-state index in [1.54, 1.807) is 0 Å². The Morgan fingerprint density at radius 3 is 0.400 bits per heavy atom. The number of hydrogen-bond acceptors (Lipinski definition) is 0. The SMILES string of the molecule is [Cl-].[Cl-].[Cl-].[Cr+2].[I-].[I-].[I-].[I-].[I-].[Ta+2]. The molecule has 0 aromatic carbocycles. The Hall–Kier alpha value is 5.79. The summed E-state index contributed by atoms with van der Waals surface area (Å²) in [5.41, 5.74) is 0. The average molecular weight is 974 g/mol. The van der Waals surface area contributed by atoms with Gasteiger partial charge in [-0.2, -0.15) is 0 Å². The van der Waals surface area contributed by atoms with Gasteiger partial charge in [0.1, 0.15) is 0 Å². The van der Waals surface area contributed by atoms with E-state index >= 15 is 0 Å². The van der Waals surface area contributed by atoms with Crippen LogP contribution in [0.1, 0.15) is 0 Å². The topological polar surface area (TPSA) is 0 Å². The van der Waals surface area contributed by atoms with Crippen LogP contribution in [0.5, 0.6) is 0 Å². The summed E-state index contributed by atoms with van der Waals surface area (Å²) in [5.74, 6) is 0. The van der Waals surface area contributed by atoms with Gasteiger partial charge in [-0.05, 0) is 0 Å². The minimum atomic E-state index is 0. The minimum absolute atomic E-state index is 0. The molecule has 0 aliphatic rings. The maximum Gasteiger partial charge on any atom is 2.00 e. The van der Waals surface area contributed by atoms with E-state index in [0.717, 1.165) is 0 Å². The number of rotatable bonds is 0. The summed E-state index contributed by atoms with van der Waals surface area (Å²) in [6.07, 6.45) is 0. The van der Waals surface area contributed by atoms with Crippen molar-refractivity contribution in [3.05, 3.63) is 0 Å². The number of hydrogen-bond donors (Lipinski definition) is 0. The molecule has 0 saturated heterocycles. The minimum Gasteiger partial charge on any atom is -1.00 e. The molecule has 10 heteroatoms. The smallest absolute Gasteiger partial charge is 1.00 e. The monoisotopic (exact) mass is 972 g/mol. The predicted molar refractivity (Wildman–Crippen MR) is 0 cm³/mol. The Kier molecular flexibility index (Phi) is 864. The van der Waals surface area contributed by atoms with Crippen molar-refractivity contribution in [3.63, 3.8) is 0 Å². The van der Waals surface area contributed by atoms with Crippen LogP contribution in [0, 0.1) is 0 Å². The van der Waals surface area contributed by atoms with Crippen molar-refractivity contribution in [3.8, 4) is 0 Å². The maximum absolute atomic E-state index is 0. The molecule has 0 bridgehead atoms. The Morgan fingerprint density at radius 2 is 0.400 bits per heavy atom. The fraction of sp³-hybridized carbons (Fsp3) is 0. The van der Waals surface area contributed by atoms with Crippen molar-refractivity contribution >= 4 is 0 Å². The summed E-state index contributed by atoms with van der Waals surface area (Å²) >= 11 is 0. The zero-order valence-corrected chi connectivity index (χ0v) is 21.4. The van der Waals surface area contributed by atoms with E-state index in [4.69, 9.17) is 0 Å². The second kappa shape index (κ2) is 83.9. The second-order valence-electron chi connectivity index (χ2n) is 0. The van der Waals surface area contributed by atoms with Crippen LogP contribution < -0.4 is 157 Å². The van der Waals surface area contributed by atoms with Crippen LogP contribution in [0.3, 0.4) is 0 Å². The second-order valence-corrected chi connectivity index (χ2v) is 0. The molecule has 0 aliphatic carbocycles. The quantitative estimate of drug-likeness (QED) is 0.212. The van der Waals surface area contributed by atoms with Crippen molar-refractivity contribution in [2.24, 2.45) is 0 Å². The van der Waals surface area contributed by atoms with E-state index < -0.39 is 0 Å². The van der Waals surface area contributed by atoms with Gasteiger partial charge in [0.05, 0.1) is 0 Å². The first-order valence-corrected chi connectivity index (χ1v) is 0. The maximum atomic E-state index is 0. The molecule has 0 aliphatic heterocycles. The van der Waals surface area contributed by atoms with Crippen molar-refractivity contribution < 1.29 is 197 Å². The van der Waals surface area contributed by atoms with Gasteiger partial charge in [0, 0.05) is 0 Å². The van der Waals surface area contributed by atoms with E-state index in [1.165, 1.54) is 0 Å². The molecule has 0 aromatic rings. The van der Waals surface area contributed by atoms with Gasteiger partial charge in [0.25, 0.3) is 0 Å². The van der Waals surface area contributed by atoms with E-state index in [-0.39, 0.29) is 197 Å². The van der Waals surface area contributed by atoms with Gasteiger partial charge in [-0.1, -0.05) is 0 Å². The van der Waals surface area contributed by atoms with Crippen LogP contribution in [0.2, 0.25) is 0 Å². The third-order valence-corrected chi connectivity index (χ3v) is 0. The van der Waals surface area contributed by atoms with Crippen LogP contribution in [0.4, 0.5) is 0 Å². The Labute approximate surface area is 192 Å². The standard InChI is InChI=1S/3ClH.Cr.5HI.Ta/h3*1H;;5*1H;/q;;;+2;;;;;;+2/p-8. The van der Waals surface area contributed by atoms with E-state index in [0.29, 0.717) is 0 Å². The molecule has 0 unspecified atom stereocenters. The Bertz CT molecular complexity index is 16.9. The van der Waals surface area contributed by atoms with Gasteiger partial charge in [-0.15, -0.1) is 0 Å². The average Bonchev–Trinajstić information content (AvgIpc) is 0. The fourth-order valence-corrected chi connectivity index (χ4v) is 0. The summed E-state index contributed by atoms with van der Waals surface area (Å²) in [6, 6.07) is 0. The van der Waals surface area contributed by atoms with Crippen LogP contribution in [-0.4, -0.2) is 0 Å². The molecule has 0 spiro atoms. The summed E-state index contributed by atoms with van der Waals surface area (Å²) in [5, 5.41) is 0. The molecule has 0 nitrogen and oxygen atoms in total. The largest absolute Gasteiger partial charge is 2.00 e. The zero-order valence-electron chi connectivity index (χ0n) is 3.88. The molecule has 0 amide bonds. The molecule has 0 aromatic heterocycles. The van der Waals surface area contributed by atoms with Crippen LogP contribution in [-0.2, 0) is 39.7 Å². The molecule has 71 valence electrons. The molecule has 0 atom stereocenters. The summed E-state index contributed by atoms with van der Waals surface area (Å²) in [7, 11) is 0. The normalized spacial score (nSPS) is 0. The van der Waals surface area contributed by atoms with Gasteiger partial charge in [0.2, 0.25) is 0 Å². The predicted octanol–water partition coefficient (Wildman–Crippen LogP) is -24.0. The van der Waals surface area contributed by atoms with Gasteiger partial charge < -0.3 is 157 Å².